The highest BCUT2D eigenvalue weighted by molar-refractivity contribution is 8.00. The summed E-state index contributed by atoms with van der Waals surface area (Å²) in [5.41, 5.74) is 4.90. The highest BCUT2D eigenvalue weighted by Crippen LogP contribution is 2.33. The number of hydrogen-bond acceptors (Lipinski definition) is 5. The second kappa shape index (κ2) is 9.44. The molecule has 0 radical (unpaired) electrons. The van der Waals surface area contributed by atoms with Crippen molar-refractivity contribution in [2.75, 3.05) is 11.4 Å². The molecule has 180 valence electrons. The Morgan fingerprint density at radius 1 is 1.00 bits per heavy atom. The van der Waals surface area contributed by atoms with Crippen LogP contribution in [0.25, 0.3) is 16.7 Å². The van der Waals surface area contributed by atoms with E-state index in [0.717, 1.165) is 28.8 Å². The quantitative estimate of drug-likeness (QED) is 0.284. The second-order valence-corrected chi connectivity index (χ2v) is 10.4. The zero-order valence-electron chi connectivity index (χ0n) is 19.6. The van der Waals surface area contributed by atoms with Gasteiger partial charge in [0.15, 0.2) is 11.0 Å². The van der Waals surface area contributed by atoms with Gasteiger partial charge in [-0.25, -0.2) is 4.98 Å². The van der Waals surface area contributed by atoms with Crippen LogP contribution in [0.1, 0.15) is 18.3 Å². The van der Waals surface area contributed by atoms with Gasteiger partial charge in [0.1, 0.15) is 0 Å². The van der Waals surface area contributed by atoms with Crippen molar-refractivity contribution in [2.24, 2.45) is 0 Å². The average molecular weight is 515 g/mol. The molecule has 9 heteroatoms. The molecule has 0 N–H and O–H groups in total. The van der Waals surface area contributed by atoms with E-state index in [4.69, 9.17) is 11.6 Å². The molecule has 0 aliphatic carbocycles. The normalized spacial score (nSPS) is 13.8. The molecular formula is C27H23ClN6OS. The number of para-hydroxylation sites is 4. The predicted octanol–water partition coefficient (Wildman–Crippen LogP) is 5.39. The lowest BCUT2D eigenvalue weighted by molar-refractivity contribution is -0.117. The molecule has 0 unspecified atom stereocenters. The van der Waals surface area contributed by atoms with Crippen LogP contribution in [0.4, 0.5) is 5.69 Å². The number of hydrogen-bond donors (Lipinski definition) is 0. The first-order chi connectivity index (χ1) is 17.6. The Labute approximate surface area is 217 Å². The molecule has 3 aromatic carbocycles. The summed E-state index contributed by atoms with van der Waals surface area (Å²) in [5.74, 6) is 0.765. The van der Waals surface area contributed by atoms with Crippen molar-refractivity contribution in [2.45, 2.75) is 30.3 Å². The monoisotopic (exact) mass is 514 g/mol. The molecular weight excluding hydrogens is 492 g/mol. The molecule has 0 spiro atoms. The number of halogens is 1. The first-order valence-corrected chi connectivity index (χ1v) is 13.0. The summed E-state index contributed by atoms with van der Waals surface area (Å²) in [6, 6.07) is 23.7. The summed E-state index contributed by atoms with van der Waals surface area (Å²) in [5, 5.41) is 9.87. The fourth-order valence-corrected chi connectivity index (χ4v) is 5.80. The minimum absolute atomic E-state index is 0.0563. The summed E-state index contributed by atoms with van der Waals surface area (Å²) in [4.78, 5) is 19.8. The molecule has 36 heavy (non-hydrogen) atoms. The summed E-state index contributed by atoms with van der Waals surface area (Å²) >= 11 is 8.01. The van der Waals surface area contributed by atoms with Crippen LogP contribution in [0.2, 0.25) is 5.02 Å². The molecule has 0 fully saturated rings. The lowest BCUT2D eigenvalue weighted by Crippen LogP contribution is -2.35. The summed E-state index contributed by atoms with van der Waals surface area (Å²) in [6.45, 7) is 3.07. The fraction of sp³-hybridized carbons (Fsp3) is 0.185. The van der Waals surface area contributed by atoms with Crippen molar-refractivity contribution in [3.05, 3.63) is 95.5 Å². The Hall–Kier alpha value is -3.62. The number of carbonyl (C=O) groups excluding carboxylic acids is 1. The van der Waals surface area contributed by atoms with E-state index >= 15 is 0 Å². The van der Waals surface area contributed by atoms with E-state index in [1.807, 2.05) is 87.7 Å². The van der Waals surface area contributed by atoms with Crippen LogP contribution in [-0.2, 0) is 17.8 Å². The van der Waals surface area contributed by atoms with E-state index in [0.29, 0.717) is 29.1 Å². The third-order valence-electron chi connectivity index (χ3n) is 6.42. The van der Waals surface area contributed by atoms with Crippen molar-refractivity contribution >= 4 is 46.0 Å². The van der Waals surface area contributed by atoms with Crippen LogP contribution >= 0.6 is 23.4 Å². The first-order valence-electron chi connectivity index (χ1n) is 11.7. The molecule has 5 aromatic rings. The highest BCUT2D eigenvalue weighted by Gasteiger charge is 2.30. The van der Waals surface area contributed by atoms with Crippen LogP contribution < -0.4 is 4.90 Å². The van der Waals surface area contributed by atoms with Gasteiger partial charge in [-0.1, -0.05) is 65.8 Å². The smallest absolute Gasteiger partial charge is 0.240 e. The number of anilines is 1. The minimum atomic E-state index is -0.358. The van der Waals surface area contributed by atoms with E-state index < -0.39 is 0 Å². The molecule has 1 aliphatic rings. The minimum Gasteiger partial charge on any atom is -0.323 e. The van der Waals surface area contributed by atoms with E-state index in [9.17, 15) is 4.79 Å². The molecule has 7 nitrogen and oxygen atoms in total. The van der Waals surface area contributed by atoms with Crippen LogP contribution in [-0.4, -0.2) is 42.0 Å². The predicted molar refractivity (Wildman–Crippen MR) is 143 cm³/mol. The molecule has 0 saturated heterocycles. The number of carbonyl (C=O) groups is 1. The number of aromatic nitrogens is 5. The van der Waals surface area contributed by atoms with Gasteiger partial charge in [-0.15, -0.1) is 10.2 Å². The van der Waals surface area contributed by atoms with Gasteiger partial charge in [0.2, 0.25) is 5.91 Å². The molecule has 2 aromatic heterocycles. The molecule has 0 bridgehead atoms. The van der Waals surface area contributed by atoms with Crippen LogP contribution in [0.5, 0.6) is 0 Å². The topological polar surface area (TPSA) is 68.8 Å². The van der Waals surface area contributed by atoms with Gasteiger partial charge >= 0.3 is 0 Å². The molecule has 6 rings (SSSR count). The average Bonchev–Trinajstić information content (AvgIpc) is 3.62. The summed E-state index contributed by atoms with van der Waals surface area (Å²) < 4.78 is 3.99. The number of rotatable bonds is 6. The lowest BCUT2D eigenvalue weighted by atomic mass is 10.2. The van der Waals surface area contributed by atoms with Crippen molar-refractivity contribution in [1.82, 2.24) is 24.3 Å². The van der Waals surface area contributed by atoms with Crippen molar-refractivity contribution < 1.29 is 4.79 Å². The zero-order chi connectivity index (χ0) is 24.6. The maximum atomic E-state index is 13.4. The van der Waals surface area contributed by atoms with Gasteiger partial charge in [-0.05, 0) is 49.2 Å². The van der Waals surface area contributed by atoms with Gasteiger partial charge in [0.25, 0.3) is 0 Å². The van der Waals surface area contributed by atoms with E-state index in [1.54, 1.807) is 6.33 Å². The molecule has 1 atom stereocenters. The van der Waals surface area contributed by atoms with Gasteiger partial charge in [-0.2, -0.15) is 0 Å². The van der Waals surface area contributed by atoms with E-state index in [2.05, 4.69) is 21.2 Å². The number of amides is 1. The second-order valence-electron chi connectivity index (χ2n) is 8.68. The van der Waals surface area contributed by atoms with Crippen LogP contribution in [0.3, 0.4) is 0 Å². The Morgan fingerprint density at radius 3 is 2.61 bits per heavy atom. The lowest BCUT2D eigenvalue weighted by Gasteiger charge is -2.21. The number of benzene rings is 3. The van der Waals surface area contributed by atoms with Crippen LogP contribution in [0, 0.1) is 0 Å². The summed E-state index contributed by atoms with van der Waals surface area (Å²) in [7, 11) is 0. The molecule has 0 saturated carbocycles. The third kappa shape index (κ3) is 4.06. The number of thioether (sulfide) groups is 1. The van der Waals surface area contributed by atoms with Crippen LogP contribution in [0.15, 0.2) is 84.3 Å². The maximum Gasteiger partial charge on any atom is 0.240 e. The maximum absolute atomic E-state index is 13.4. The van der Waals surface area contributed by atoms with Gasteiger partial charge < -0.3 is 9.47 Å². The summed E-state index contributed by atoms with van der Waals surface area (Å²) in [6.07, 6.45) is 2.68. The van der Waals surface area contributed by atoms with E-state index in [1.165, 1.54) is 17.3 Å². The molecule has 3 heterocycles. The Morgan fingerprint density at radius 2 is 1.75 bits per heavy atom. The Balaban J connectivity index is 1.34. The highest BCUT2D eigenvalue weighted by atomic mass is 35.5. The Kier molecular flexibility index (Phi) is 5.99. The SMILES string of the molecule is C[C@@H](Sc1nnc(Cn2cnc3ccccc32)n1-c1ccccc1Cl)C(=O)N1CCc2ccccc21. The first kappa shape index (κ1) is 22.8. The molecule has 1 amide bonds. The third-order valence-corrected chi connectivity index (χ3v) is 7.77. The Bertz CT molecular complexity index is 1580. The van der Waals surface area contributed by atoms with Crippen molar-refractivity contribution in [3.63, 3.8) is 0 Å². The largest absolute Gasteiger partial charge is 0.323 e. The van der Waals surface area contributed by atoms with Gasteiger partial charge in [-0.3, -0.25) is 9.36 Å². The van der Waals surface area contributed by atoms with Crippen molar-refractivity contribution in [1.29, 1.82) is 0 Å². The number of imidazole rings is 1. The van der Waals surface area contributed by atoms with Gasteiger partial charge in [0.05, 0.1) is 39.9 Å². The van der Waals surface area contributed by atoms with Gasteiger partial charge in [0, 0.05) is 12.2 Å². The zero-order valence-corrected chi connectivity index (χ0v) is 21.2. The number of nitrogens with zero attached hydrogens (tertiary/aromatic N) is 6. The fourth-order valence-electron chi connectivity index (χ4n) is 4.64. The van der Waals surface area contributed by atoms with E-state index in [-0.39, 0.29) is 11.2 Å². The molecule has 1 aliphatic heterocycles. The standard InChI is InChI=1S/C27H23ClN6OS/c1-18(26(35)33-15-14-19-8-2-5-11-22(19)33)36-27-31-30-25(34(27)23-12-6-3-9-20(23)28)16-32-17-29-21-10-4-7-13-24(21)32/h2-13,17-18H,14-16H2,1H3/t18-/m1/s1. The van der Waals surface area contributed by atoms with Crippen molar-refractivity contribution in [3.8, 4) is 5.69 Å². The number of fused-ring (bicyclic) bond motifs is 2.